The predicted octanol–water partition coefficient (Wildman–Crippen LogP) is 1.90. The van der Waals surface area contributed by atoms with Gasteiger partial charge in [0.2, 0.25) is 0 Å². The van der Waals surface area contributed by atoms with Gasteiger partial charge in [-0.05, 0) is 57.1 Å². The molecule has 0 saturated heterocycles. The molecule has 9 heteroatoms. The molecule has 0 bridgehead atoms. The second-order valence-corrected chi connectivity index (χ2v) is 8.38. The number of nitrogens with zero attached hydrogens (tertiary/aromatic N) is 3. The summed E-state index contributed by atoms with van der Waals surface area (Å²) < 4.78 is 7.20. The Morgan fingerprint density at radius 1 is 1.40 bits per heavy atom. The Bertz CT molecular complexity index is 991. The van der Waals surface area contributed by atoms with Crippen molar-refractivity contribution in [2.24, 2.45) is 17.0 Å². The lowest BCUT2D eigenvalue weighted by Crippen LogP contribution is -2.29. The van der Waals surface area contributed by atoms with Crippen molar-refractivity contribution in [2.45, 2.75) is 52.5 Å². The molecule has 30 heavy (non-hydrogen) atoms. The number of hydrogen-bond donors (Lipinski definition) is 3. The minimum Gasteiger partial charge on any atom is -0.477 e. The lowest BCUT2D eigenvalue weighted by Gasteiger charge is -2.23. The Balaban J connectivity index is 1.93. The minimum atomic E-state index is -1.24. The van der Waals surface area contributed by atoms with Gasteiger partial charge in [0.1, 0.15) is 11.3 Å². The van der Waals surface area contributed by atoms with Crippen LogP contribution in [0, 0.1) is 5.41 Å². The van der Waals surface area contributed by atoms with Gasteiger partial charge in [0.05, 0.1) is 24.3 Å². The standard InChI is InChI=1S/C21H29N5O4/c1-4-30-20(29)21(2,3)8-14-7-15(13-5-6-13)9-25-10-16(24-18(14)25)11-26(23)12-17(22)19(27)28/h7,9-10,12-13H,4-6,8,11,22-23H2,1-3H3,(H,27,28)/b17-12-. The van der Waals surface area contributed by atoms with E-state index in [9.17, 15) is 9.59 Å². The predicted molar refractivity (Wildman–Crippen MR) is 111 cm³/mol. The number of nitrogens with two attached hydrogens (primary N) is 2. The third-order valence-electron chi connectivity index (χ3n) is 5.10. The highest BCUT2D eigenvalue weighted by atomic mass is 16.5. The molecular weight excluding hydrogens is 386 g/mol. The van der Waals surface area contributed by atoms with E-state index in [1.807, 2.05) is 24.4 Å². The van der Waals surface area contributed by atoms with Gasteiger partial charge < -0.3 is 25.0 Å². The van der Waals surface area contributed by atoms with Gasteiger partial charge in [0, 0.05) is 18.6 Å². The third-order valence-corrected chi connectivity index (χ3v) is 5.10. The van der Waals surface area contributed by atoms with Crippen molar-refractivity contribution >= 4 is 17.6 Å². The Kier molecular flexibility index (Phi) is 6.02. The molecule has 1 fully saturated rings. The van der Waals surface area contributed by atoms with Crippen LogP contribution in [0.15, 0.2) is 30.4 Å². The molecule has 0 radical (unpaired) electrons. The maximum atomic E-state index is 12.4. The molecule has 1 aliphatic rings. The molecule has 0 unspecified atom stereocenters. The average molecular weight is 415 g/mol. The summed E-state index contributed by atoms with van der Waals surface area (Å²) in [6.45, 7) is 6.07. The lowest BCUT2D eigenvalue weighted by atomic mass is 9.85. The first-order valence-corrected chi connectivity index (χ1v) is 10.00. The summed E-state index contributed by atoms with van der Waals surface area (Å²) in [4.78, 5) is 28.0. The van der Waals surface area contributed by atoms with Crippen LogP contribution in [0.1, 0.15) is 56.4 Å². The van der Waals surface area contributed by atoms with Crippen LogP contribution in [0.2, 0.25) is 0 Å². The number of aliphatic carboxylic acids is 1. The highest BCUT2D eigenvalue weighted by Crippen LogP contribution is 2.41. The van der Waals surface area contributed by atoms with Crippen LogP contribution in [0.25, 0.3) is 5.65 Å². The molecule has 0 aromatic carbocycles. The Morgan fingerprint density at radius 3 is 2.70 bits per heavy atom. The number of carboxylic acids is 1. The van der Waals surface area contributed by atoms with E-state index in [-0.39, 0.29) is 18.2 Å². The summed E-state index contributed by atoms with van der Waals surface area (Å²) in [5, 5.41) is 10.1. The van der Waals surface area contributed by atoms with Crippen LogP contribution < -0.4 is 11.6 Å². The SMILES string of the molecule is CCOC(=O)C(C)(C)Cc1cc(C2CC2)cn2cc(CN(N)/C=C(\N)C(=O)O)nc12. The number of rotatable bonds is 9. The van der Waals surface area contributed by atoms with Crippen molar-refractivity contribution in [1.29, 1.82) is 0 Å². The van der Waals surface area contributed by atoms with Gasteiger partial charge >= 0.3 is 11.9 Å². The van der Waals surface area contributed by atoms with Crippen molar-refractivity contribution < 1.29 is 19.4 Å². The minimum absolute atomic E-state index is 0.190. The zero-order valence-corrected chi connectivity index (χ0v) is 17.6. The Hall–Kier alpha value is -3.07. The molecule has 162 valence electrons. The quantitative estimate of drug-likeness (QED) is 0.244. The molecule has 2 aromatic heterocycles. The van der Waals surface area contributed by atoms with Gasteiger partial charge in [0.25, 0.3) is 0 Å². The molecule has 2 aromatic rings. The van der Waals surface area contributed by atoms with Crippen molar-refractivity contribution in [3.8, 4) is 0 Å². The second kappa shape index (κ2) is 8.35. The molecule has 1 saturated carbocycles. The topological polar surface area (TPSA) is 136 Å². The molecule has 5 N–H and O–H groups in total. The van der Waals surface area contributed by atoms with Crippen LogP contribution in [-0.2, 0) is 27.3 Å². The normalized spacial score (nSPS) is 14.7. The number of esters is 1. The molecule has 0 atom stereocenters. The smallest absolute Gasteiger partial charge is 0.353 e. The first-order valence-electron chi connectivity index (χ1n) is 10.00. The van der Waals surface area contributed by atoms with Crippen molar-refractivity contribution in [2.75, 3.05) is 6.61 Å². The first-order chi connectivity index (χ1) is 14.1. The molecule has 0 amide bonds. The fourth-order valence-electron chi connectivity index (χ4n) is 3.43. The summed E-state index contributed by atoms with van der Waals surface area (Å²) in [6.07, 6.45) is 7.89. The number of carbonyl (C=O) groups is 2. The van der Waals surface area contributed by atoms with Gasteiger partial charge in [-0.25, -0.2) is 15.6 Å². The zero-order valence-electron chi connectivity index (χ0n) is 17.6. The number of hydrogen-bond acceptors (Lipinski definition) is 7. The third kappa shape index (κ3) is 4.91. The molecular formula is C21H29N5O4. The van der Waals surface area contributed by atoms with Crippen LogP contribution >= 0.6 is 0 Å². The van der Waals surface area contributed by atoms with Gasteiger partial charge in [-0.15, -0.1) is 0 Å². The fourth-order valence-corrected chi connectivity index (χ4v) is 3.43. The van der Waals surface area contributed by atoms with E-state index in [2.05, 4.69) is 17.2 Å². The summed E-state index contributed by atoms with van der Waals surface area (Å²) >= 11 is 0. The Morgan fingerprint density at radius 2 is 2.10 bits per heavy atom. The van der Waals surface area contributed by atoms with E-state index in [4.69, 9.17) is 21.4 Å². The Labute approximate surface area is 175 Å². The highest BCUT2D eigenvalue weighted by molar-refractivity contribution is 5.85. The van der Waals surface area contributed by atoms with Gasteiger partial charge in [-0.2, -0.15) is 0 Å². The van der Waals surface area contributed by atoms with E-state index in [1.165, 1.54) is 10.6 Å². The number of fused-ring (bicyclic) bond motifs is 1. The molecule has 1 aliphatic carbocycles. The average Bonchev–Trinajstić information content (AvgIpc) is 3.42. The van der Waals surface area contributed by atoms with Gasteiger partial charge in [-0.3, -0.25) is 4.79 Å². The number of carbonyl (C=O) groups excluding carboxylic acids is 1. The molecule has 2 heterocycles. The fraction of sp³-hybridized carbons (Fsp3) is 0.476. The lowest BCUT2D eigenvalue weighted by molar-refractivity contribution is -0.153. The summed E-state index contributed by atoms with van der Waals surface area (Å²) in [6, 6.07) is 2.13. The largest absolute Gasteiger partial charge is 0.477 e. The van der Waals surface area contributed by atoms with Gasteiger partial charge in [0.15, 0.2) is 0 Å². The monoisotopic (exact) mass is 415 g/mol. The molecule has 9 nitrogen and oxygen atoms in total. The van der Waals surface area contributed by atoms with E-state index < -0.39 is 11.4 Å². The maximum absolute atomic E-state index is 12.4. The summed E-state index contributed by atoms with van der Waals surface area (Å²) in [7, 11) is 0. The maximum Gasteiger partial charge on any atom is 0.353 e. The highest BCUT2D eigenvalue weighted by Gasteiger charge is 2.32. The number of pyridine rings is 1. The van der Waals surface area contributed by atoms with Crippen LogP contribution in [0.5, 0.6) is 0 Å². The van der Waals surface area contributed by atoms with E-state index in [1.54, 1.807) is 6.92 Å². The van der Waals surface area contributed by atoms with E-state index in [0.717, 1.165) is 30.3 Å². The zero-order chi connectivity index (χ0) is 22.1. The number of imidazole rings is 1. The summed E-state index contributed by atoms with van der Waals surface area (Å²) in [5.41, 5.74) is 7.98. The number of carboxylic acid groups (broad SMARTS) is 1. The van der Waals surface area contributed by atoms with Crippen molar-refractivity contribution in [3.63, 3.8) is 0 Å². The molecule has 0 aliphatic heterocycles. The van der Waals surface area contributed by atoms with Crippen molar-refractivity contribution in [1.82, 2.24) is 14.4 Å². The van der Waals surface area contributed by atoms with Crippen LogP contribution in [0.3, 0.4) is 0 Å². The van der Waals surface area contributed by atoms with Gasteiger partial charge in [-0.1, -0.05) is 6.07 Å². The number of ether oxygens (including phenoxy) is 1. The van der Waals surface area contributed by atoms with E-state index in [0.29, 0.717) is 24.6 Å². The number of hydrazine groups is 1. The second-order valence-electron chi connectivity index (χ2n) is 8.38. The van der Waals surface area contributed by atoms with Crippen LogP contribution in [-0.4, -0.2) is 38.0 Å². The van der Waals surface area contributed by atoms with E-state index >= 15 is 0 Å². The first kappa shape index (κ1) is 21.6. The van der Waals surface area contributed by atoms with Crippen molar-refractivity contribution in [3.05, 3.63) is 47.2 Å². The number of aromatic nitrogens is 2. The molecule has 0 spiro atoms. The summed E-state index contributed by atoms with van der Waals surface area (Å²) in [5.74, 6) is 4.93. The van der Waals surface area contributed by atoms with Crippen LogP contribution in [0.4, 0.5) is 0 Å². The molecule has 3 rings (SSSR count).